The lowest BCUT2D eigenvalue weighted by atomic mass is 10.0. The van der Waals surface area contributed by atoms with Crippen LogP contribution in [0.4, 0.5) is 0 Å². The van der Waals surface area contributed by atoms with Crippen LogP contribution in [-0.2, 0) is 26.0 Å². The van der Waals surface area contributed by atoms with Gasteiger partial charge in [0.2, 0.25) is 15.9 Å². The third kappa shape index (κ3) is 5.29. The summed E-state index contributed by atoms with van der Waals surface area (Å²) in [5.41, 5.74) is 0.826. The smallest absolute Gasteiger partial charge is 0.223 e. The molecule has 0 unspecified atom stereocenters. The number of nitrogens with zero attached hydrogens (tertiary/aromatic N) is 2. The van der Waals surface area contributed by atoms with Gasteiger partial charge in [0.25, 0.3) is 0 Å². The number of aromatic nitrogens is 1. The van der Waals surface area contributed by atoms with Gasteiger partial charge in [-0.1, -0.05) is 5.16 Å². The molecule has 1 aliphatic heterocycles. The summed E-state index contributed by atoms with van der Waals surface area (Å²) < 4.78 is 35.1. The average Bonchev–Trinajstić information content (AvgIpc) is 3.04. The highest BCUT2D eigenvalue weighted by Gasteiger charge is 2.35. The fourth-order valence-electron chi connectivity index (χ4n) is 2.78. The molecule has 1 N–H and O–H groups in total. The zero-order chi connectivity index (χ0) is 17.0. The first kappa shape index (κ1) is 17.9. The quantitative estimate of drug-likeness (QED) is 0.743. The summed E-state index contributed by atoms with van der Waals surface area (Å²) in [5.74, 6) is 0.834. The van der Waals surface area contributed by atoms with Gasteiger partial charge in [0.05, 0.1) is 18.1 Å². The van der Waals surface area contributed by atoms with Crippen molar-refractivity contribution in [1.82, 2.24) is 14.8 Å². The van der Waals surface area contributed by atoms with E-state index in [1.807, 2.05) is 13.0 Å². The Morgan fingerprint density at radius 2 is 2.26 bits per heavy atom. The summed E-state index contributed by atoms with van der Waals surface area (Å²) in [6, 6.07) is 1.88. The Hall–Kier alpha value is -1.45. The van der Waals surface area contributed by atoms with Crippen LogP contribution in [-0.4, -0.2) is 63.5 Å². The van der Waals surface area contributed by atoms with Gasteiger partial charge in [-0.25, -0.2) is 13.1 Å². The highest BCUT2D eigenvalue weighted by atomic mass is 32.2. The molecule has 1 aromatic rings. The lowest BCUT2D eigenvalue weighted by molar-refractivity contribution is -0.130. The van der Waals surface area contributed by atoms with E-state index < -0.39 is 10.0 Å². The van der Waals surface area contributed by atoms with E-state index in [1.54, 1.807) is 12.0 Å². The zero-order valence-electron chi connectivity index (χ0n) is 13.6. The van der Waals surface area contributed by atoms with Crippen molar-refractivity contribution < 1.29 is 22.5 Å². The standard InChI is InChI=1S/C14H23N3O5S/c1-10-6-12(22-16-10)7-11-8-17(9-13(11)21-2)14(18)4-5-15-23(3,19)20/h6,11,13,15H,4-5,7-9H2,1-3H3/t11-,13+/m1/s1. The van der Waals surface area contributed by atoms with Gasteiger partial charge >= 0.3 is 0 Å². The number of likely N-dealkylation sites (tertiary alicyclic amines) is 1. The second-order valence-electron chi connectivity index (χ2n) is 5.89. The van der Waals surface area contributed by atoms with Gasteiger partial charge in [0.15, 0.2) is 0 Å². The van der Waals surface area contributed by atoms with E-state index in [-0.39, 0.29) is 30.9 Å². The first-order chi connectivity index (χ1) is 10.8. The fourth-order valence-corrected chi connectivity index (χ4v) is 3.25. The highest BCUT2D eigenvalue weighted by molar-refractivity contribution is 7.88. The molecule has 0 aromatic carbocycles. The van der Waals surface area contributed by atoms with Crippen molar-refractivity contribution in [3.8, 4) is 0 Å². The predicted octanol–water partition coefficient (Wildman–Crippen LogP) is -0.0618. The minimum Gasteiger partial charge on any atom is -0.379 e. The lowest BCUT2D eigenvalue weighted by Gasteiger charge is -2.15. The number of aryl methyl sites for hydroxylation is 1. The van der Waals surface area contributed by atoms with Gasteiger partial charge in [0, 0.05) is 51.6 Å². The van der Waals surface area contributed by atoms with Crippen molar-refractivity contribution in [3.63, 3.8) is 0 Å². The molecular weight excluding hydrogens is 322 g/mol. The van der Waals surface area contributed by atoms with E-state index in [1.165, 1.54) is 0 Å². The van der Waals surface area contributed by atoms with Gasteiger partial charge in [-0.3, -0.25) is 4.79 Å². The lowest BCUT2D eigenvalue weighted by Crippen LogP contribution is -2.33. The molecule has 1 aromatic heterocycles. The molecule has 0 radical (unpaired) electrons. The van der Waals surface area contributed by atoms with Gasteiger partial charge in [-0.2, -0.15) is 0 Å². The largest absolute Gasteiger partial charge is 0.379 e. The van der Waals surface area contributed by atoms with Crippen LogP contribution < -0.4 is 4.72 Å². The molecule has 2 atom stereocenters. The molecule has 8 nitrogen and oxygen atoms in total. The maximum absolute atomic E-state index is 12.2. The Morgan fingerprint density at radius 1 is 1.52 bits per heavy atom. The van der Waals surface area contributed by atoms with Gasteiger partial charge in [-0.15, -0.1) is 0 Å². The first-order valence-electron chi connectivity index (χ1n) is 7.46. The van der Waals surface area contributed by atoms with E-state index in [0.29, 0.717) is 19.5 Å². The normalized spacial score (nSPS) is 21.8. The second kappa shape index (κ2) is 7.41. The number of carbonyl (C=O) groups is 1. The number of sulfonamides is 1. The number of methoxy groups -OCH3 is 1. The molecule has 2 rings (SSSR count). The Kier molecular flexibility index (Phi) is 5.77. The van der Waals surface area contributed by atoms with Crippen LogP contribution in [0.5, 0.6) is 0 Å². The van der Waals surface area contributed by atoms with Crippen LogP contribution in [0.1, 0.15) is 17.9 Å². The molecule has 0 aliphatic carbocycles. The van der Waals surface area contributed by atoms with Crippen LogP contribution >= 0.6 is 0 Å². The zero-order valence-corrected chi connectivity index (χ0v) is 14.4. The van der Waals surface area contributed by atoms with Crippen molar-refractivity contribution in [2.24, 2.45) is 5.92 Å². The third-order valence-corrected chi connectivity index (χ3v) is 4.61. The molecule has 2 heterocycles. The number of hydrogen-bond acceptors (Lipinski definition) is 6. The van der Waals surface area contributed by atoms with E-state index in [2.05, 4.69) is 9.88 Å². The minimum atomic E-state index is -3.27. The van der Waals surface area contributed by atoms with Crippen molar-refractivity contribution in [1.29, 1.82) is 0 Å². The first-order valence-corrected chi connectivity index (χ1v) is 9.35. The number of nitrogens with one attached hydrogen (secondary N) is 1. The molecule has 1 saturated heterocycles. The van der Waals surface area contributed by atoms with E-state index >= 15 is 0 Å². The molecule has 130 valence electrons. The number of carbonyl (C=O) groups excluding carboxylic acids is 1. The van der Waals surface area contributed by atoms with E-state index in [0.717, 1.165) is 17.7 Å². The van der Waals surface area contributed by atoms with Crippen LogP contribution in [0.2, 0.25) is 0 Å². The summed E-state index contributed by atoms with van der Waals surface area (Å²) in [4.78, 5) is 13.9. The Bertz CT molecular complexity index is 643. The average molecular weight is 345 g/mol. The second-order valence-corrected chi connectivity index (χ2v) is 7.72. The van der Waals surface area contributed by atoms with Crippen molar-refractivity contribution in [2.45, 2.75) is 25.9 Å². The van der Waals surface area contributed by atoms with Crippen molar-refractivity contribution in [3.05, 3.63) is 17.5 Å². The van der Waals surface area contributed by atoms with Crippen LogP contribution in [0.25, 0.3) is 0 Å². The molecule has 23 heavy (non-hydrogen) atoms. The number of rotatable bonds is 7. The SMILES string of the molecule is CO[C@H]1CN(C(=O)CCNS(C)(=O)=O)C[C@H]1Cc1cc(C)no1. The van der Waals surface area contributed by atoms with Crippen LogP contribution in [0, 0.1) is 12.8 Å². The van der Waals surface area contributed by atoms with Gasteiger partial charge in [0.1, 0.15) is 5.76 Å². The fraction of sp³-hybridized carbons (Fsp3) is 0.714. The van der Waals surface area contributed by atoms with Crippen LogP contribution in [0.3, 0.4) is 0 Å². The molecule has 0 bridgehead atoms. The van der Waals surface area contributed by atoms with Gasteiger partial charge < -0.3 is 14.2 Å². The Labute approximate surface area is 136 Å². The highest BCUT2D eigenvalue weighted by Crippen LogP contribution is 2.24. The Balaban J connectivity index is 1.88. The number of ether oxygens (including phenoxy) is 1. The number of amides is 1. The summed E-state index contributed by atoms with van der Waals surface area (Å²) in [6.45, 7) is 3.04. The summed E-state index contributed by atoms with van der Waals surface area (Å²) >= 11 is 0. The molecular formula is C14H23N3O5S. The van der Waals surface area contributed by atoms with E-state index in [9.17, 15) is 13.2 Å². The topological polar surface area (TPSA) is 102 Å². The minimum absolute atomic E-state index is 0.0628. The maximum atomic E-state index is 12.2. The summed E-state index contributed by atoms with van der Waals surface area (Å²) in [7, 11) is -1.65. The molecule has 1 aliphatic rings. The van der Waals surface area contributed by atoms with E-state index in [4.69, 9.17) is 9.26 Å². The molecule has 0 saturated carbocycles. The number of hydrogen-bond donors (Lipinski definition) is 1. The summed E-state index contributed by atoms with van der Waals surface area (Å²) in [6.07, 6.45) is 1.80. The summed E-state index contributed by atoms with van der Waals surface area (Å²) in [5, 5.41) is 3.87. The third-order valence-electron chi connectivity index (χ3n) is 3.88. The van der Waals surface area contributed by atoms with Crippen molar-refractivity contribution in [2.75, 3.05) is 33.0 Å². The predicted molar refractivity (Wildman–Crippen MR) is 83.3 cm³/mol. The monoisotopic (exact) mass is 345 g/mol. The van der Waals surface area contributed by atoms with Gasteiger partial charge in [-0.05, 0) is 6.92 Å². The molecule has 0 spiro atoms. The van der Waals surface area contributed by atoms with Crippen LogP contribution in [0.15, 0.2) is 10.6 Å². The molecule has 1 fully saturated rings. The molecule has 9 heteroatoms. The Morgan fingerprint density at radius 3 is 2.83 bits per heavy atom. The maximum Gasteiger partial charge on any atom is 0.223 e. The molecule has 1 amide bonds. The van der Waals surface area contributed by atoms with Crippen molar-refractivity contribution >= 4 is 15.9 Å².